The van der Waals surface area contributed by atoms with Crippen LogP contribution in [0.1, 0.15) is 74.8 Å². The number of anilines is 2. The molecule has 1 aliphatic carbocycles. The summed E-state index contributed by atoms with van der Waals surface area (Å²) < 4.78 is 14.3. The molecule has 0 spiro atoms. The largest absolute Gasteiger partial charge is 0.377 e. The minimum atomic E-state index is -0.267. The van der Waals surface area contributed by atoms with Crippen LogP contribution in [0.5, 0.6) is 0 Å². The minimum Gasteiger partial charge on any atom is -0.377 e. The van der Waals surface area contributed by atoms with Gasteiger partial charge in [0.1, 0.15) is 5.82 Å². The summed E-state index contributed by atoms with van der Waals surface area (Å²) in [5, 5.41) is 7.60. The van der Waals surface area contributed by atoms with Gasteiger partial charge in [-0.3, -0.25) is 0 Å². The van der Waals surface area contributed by atoms with Gasteiger partial charge in [0.05, 0.1) is 11.7 Å². The fourth-order valence-electron chi connectivity index (χ4n) is 4.57. The number of rotatable bonds is 2. The summed E-state index contributed by atoms with van der Waals surface area (Å²) in [5.41, 5.74) is 7.00. The molecule has 0 radical (unpaired) electrons. The van der Waals surface area contributed by atoms with Gasteiger partial charge in [-0.2, -0.15) is 0 Å². The predicted molar refractivity (Wildman–Crippen MR) is 129 cm³/mol. The second-order valence-corrected chi connectivity index (χ2v) is 8.92. The number of benzene rings is 2. The summed E-state index contributed by atoms with van der Waals surface area (Å²) in [6, 6.07) is 7.29. The molecular formula is C26H32ClFN2. The minimum absolute atomic E-state index is 0.108. The standard InChI is InChI=1S/C23H24ClFN2.C3H8/c1-12-9-13(2)23(18-7-8-19(24)15(4)22(12)18)27-21-11-16(25)10-20-17(21)6-5-14(3)26-20;1-3-2/h5-8,10-13,23,26-27H,3,9H2,1-2,4H3;3H2,1-2H3. The number of nitrogens with one attached hydrogen (secondary N) is 2. The third kappa shape index (κ3) is 4.41. The average molecular weight is 427 g/mol. The van der Waals surface area contributed by atoms with E-state index in [1.807, 2.05) is 18.2 Å². The van der Waals surface area contributed by atoms with Crippen molar-refractivity contribution in [3.05, 3.63) is 75.7 Å². The molecule has 0 aromatic heterocycles. The number of allylic oxidation sites excluding steroid dienone is 1. The Balaban J connectivity index is 0.000000806. The summed E-state index contributed by atoms with van der Waals surface area (Å²) in [6.45, 7) is 14.8. The van der Waals surface area contributed by atoms with E-state index in [4.69, 9.17) is 11.6 Å². The van der Waals surface area contributed by atoms with E-state index in [1.54, 1.807) is 6.07 Å². The summed E-state index contributed by atoms with van der Waals surface area (Å²) >= 11 is 6.39. The lowest BCUT2D eigenvalue weighted by atomic mass is 9.73. The molecule has 0 bridgehead atoms. The van der Waals surface area contributed by atoms with Gasteiger partial charge in [-0.1, -0.05) is 58.4 Å². The van der Waals surface area contributed by atoms with Gasteiger partial charge in [-0.05, 0) is 72.2 Å². The van der Waals surface area contributed by atoms with Crippen molar-refractivity contribution in [3.63, 3.8) is 0 Å². The van der Waals surface area contributed by atoms with Gasteiger partial charge in [-0.25, -0.2) is 4.39 Å². The monoisotopic (exact) mass is 426 g/mol. The fourth-order valence-corrected chi connectivity index (χ4v) is 4.74. The zero-order chi connectivity index (χ0) is 22.0. The molecule has 1 heterocycles. The molecule has 160 valence electrons. The summed E-state index contributed by atoms with van der Waals surface area (Å²) in [7, 11) is 0. The molecule has 2 nitrogen and oxygen atoms in total. The lowest BCUT2D eigenvalue weighted by Crippen LogP contribution is -2.27. The Morgan fingerprint density at radius 3 is 2.60 bits per heavy atom. The van der Waals surface area contributed by atoms with Crippen LogP contribution in [-0.4, -0.2) is 0 Å². The number of halogens is 2. The average Bonchev–Trinajstić information content (AvgIpc) is 2.67. The topological polar surface area (TPSA) is 24.1 Å². The van der Waals surface area contributed by atoms with Crippen LogP contribution < -0.4 is 10.6 Å². The molecule has 4 heteroatoms. The Morgan fingerprint density at radius 2 is 1.90 bits per heavy atom. The molecule has 0 fully saturated rings. The smallest absolute Gasteiger partial charge is 0.127 e. The van der Waals surface area contributed by atoms with E-state index in [0.29, 0.717) is 11.8 Å². The first-order valence-electron chi connectivity index (χ1n) is 10.8. The summed E-state index contributed by atoms with van der Waals surface area (Å²) in [6.07, 6.45) is 6.21. The van der Waals surface area contributed by atoms with E-state index in [-0.39, 0.29) is 11.9 Å². The molecule has 0 saturated heterocycles. The van der Waals surface area contributed by atoms with Crippen molar-refractivity contribution in [1.82, 2.24) is 0 Å². The van der Waals surface area contributed by atoms with Gasteiger partial charge in [-0.15, -0.1) is 0 Å². The lowest BCUT2D eigenvalue weighted by Gasteiger charge is -2.38. The van der Waals surface area contributed by atoms with Crippen LogP contribution in [0.4, 0.5) is 15.8 Å². The molecule has 1 aliphatic heterocycles. The van der Waals surface area contributed by atoms with E-state index in [2.05, 4.69) is 57.9 Å². The molecule has 2 aromatic carbocycles. The number of fused-ring (bicyclic) bond motifs is 2. The van der Waals surface area contributed by atoms with Crippen molar-refractivity contribution >= 4 is 29.1 Å². The van der Waals surface area contributed by atoms with E-state index in [1.165, 1.54) is 23.6 Å². The van der Waals surface area contributed by atoms with Gasteiger partial charge in [0.15, 0.2) is 0 Å². The first-order valence-corrected chi connectivity index (χ1v) is 11.2. The van der Waals surface area contributed by atoms with E-state index >= 15 is 0 Å². The van der Waals surface area contributed by atoms with Crippen LogP contribution in [0.25, 0.3) is 6.08 Å². The second kappa shape index (κ2) is 9.26. The van der Waals surface area contributed by atoms with Crippen molar-refractivity contribution < 1.29 is 4.39 Å². The van der Waals surface area contributed by atoms with Crippen LogP contribution in [0, 0.1) is 18.7 Å². The van der Waals surface area contributed by atoms with Crippen molar-refractivity contribution in [2.45, 2.75) is 59.4 Å². The van der Waals surface area contributed by atoms with Crippen molar-refractivity contribution in [2.75, 3.05) is 10.6 Å². The molecule has 0 saturated carbocycles. The Kier molecular flexibility index (Phi) is 6.92. The highest BCUT2D eigenvalue weighted by Gasteiger charge is 2.32. The zero-order valence-corrected chi connectivity index (χ0v) is 19.3. The van der Waals surface area contributed by atoms with E-state index in [0.717, 1.165) is 39.6 Å². The molecule has 2 aliphatic rings. The first kappa shape index (κ1) is 22.4. The van der Waals surface area contributed by atoms with Crippen molar-refractivity contribution in [2.24, 2.45) is 5.92 Å². The maximum Gasteiger partial charge on any atom is 0.127 e. The number of hydrogen-bond donors (Lipinski definition) is 2. The zero-order valence-electron chi connectivity index (χ0n) is 18.6. The normalized spacial score (nSPS) is 21.7. The maximum atomic E-state index is 14.3. The molecule has 3 unspecified atom stereocenters. The summed E-state index contributed by atoms with van der Waals surface area (Å²) in [4.78, 5) is 0. The molecule has 2 aromatic rings. The molecule has 2 N–H and O–H groups in total. The second-order valence-electron chi connectivity index (χ2n) is 8.52. The van der Waals surface area contributed by atoms with E-state index < -0.39 is 0 Å². The highest BCUT2D eigenvalue weighted by atomic mass is 35.5. The fraction of sp³-hybridized carbons (Fsp3) is 0.385. The molecule has 4 rings (SSSR count). The van der Waals surface area contributed by atoms with E-state index in [9.17, 15) is 4.39 Å². The molecule has 0 amide bonds. The maximum absolute atomic E-state index is 14.3. The van der Waals surface area contributed by atoms with Crippen molar-refractivity contribution in [3.8, 4) is 0 Å². The first-order chi connectivity index (χ1) is 14.3. The third-order valence-electron chi connectivity index (χ3n) is 5.81. The van der Waals surface area contributed by atoms with Crippen LogP contribution >= 0.6 is 11.6 Å². The van der Waals surface area contributed by atoms with Crippen molar-refractivity contribution in [1.29, 1.82) is 0 Å². The predicted octanol–water partition coefficient (Wildman–Crippen LogP) is 8.45. The molecule has 30 heavy (non-hydrogen) atoms. The van der Waals surface area contributed by atoms with Gasteiger partial charge in [0, 0.05) is 22.0 Å². The van der Waals surface area contributed by atoms with Gasteiger partial charge in [0.2, 0.25) is 0 Å². The highest BCUT2D eigenvalue weighted by molar-refractivity contribution is 6.31. The SMILES string of the molecule is C=C1C=Cc2c(cc(F)cc2NC2c3ccc(Cl)c(C)c3C(C)CC2C)N1.CCC. The van der Waals surface area contributed by atoms with Crippen LogP contribution in [-0.2, 0) is 0 Å². The van der Waals surface area contributed by atoms with Gasteiger partial charge >= 0.3 is 0 Å². The Morgan fingerprint density at radius 1 is 1.20 bits per heavy atom. The Bertz CT molecular complexity index is 979. The van der Waals surface area contributed by atoms with Gasteiger partial charge < -0.3 is 10.6 Å². The highest BCUT2D eigenvalue weighted by Crippen LogP contribution is 2.46. The summed E-state index contributed by atoms with van der Waals surface area (Å²) in [5.74, 6) is 0.608. The quantitative estimate of drug-likeness (QED) is 0.503. The number of hydrogen-bond acceptors (Lipinski definition) is 2. The third-order valence-corrected chi connectivity index (χ3v) is 6.22. The molecular weight excluding hydrogens is 395 g/mol. The van der Waals surface area contributed by atoms with Gasteiger partial charge in [0.25, 0.3) is 0 Å². The van der Waals surface area contributed by atoms with Crippen LogP contribution in [0.3, 0.4) is 0 Å². The van der Waals surface area contributed by atoms with Crippen LogP contribution in [0.15, 0.2) is 42.6 Å². The molecule has 3 atom stereocenters. The Hall–Kier alpha value is -2.26. The van der Waals surface area contributed by atoms with Crippen LogP contribution in [0.2, 0.25) is 5.02 Å². The lowest BCUT2D eigenvalue weighted by molar-refractivity contribution is 0.395. The Labute approximate surface area is 185 Å².